The Morgan fingerprint density at radius 2 is 1.76 bits per heavy atom. The first-order valence-electron chi connectivity index (χ1n) is 16.1. The standard InChI is InChI=1S/C37H34F2N6O4/c1-42(2)19-24-16-29(46)11-12-30(24)23-4-3-5-28(15-23)44-35-31(17-26(39)18-40-35)36(48)45(37(44)49)27-9-6-22(7-10-27)14-33(47)32-21-43-20-25(38)8-13-34(43)41-32/h3-5,8,11-13,15-18,20-22,27,46H,6-7,9-10,14,19H2,1-2H3. The van der Waals surface area contributed by atoms with Gasteiger partial charge in [0.15, 0.2) is 11.4 Å². The maximum atomic E-state index is 14.5. The molecule has 1 N–H and O–H groups in total. The van der Waals surface area contributed by atoms with Crippen molar-refractivity contribution in [2.45, 2.75) is 44.7 Å². The summed E-state index contributed by atoms with van der Waals surface area (Å²) in [6.07, 6.45) is 6.15. The average molecular weight is 665 g/mol. The molecule has 1 saturated carbocycles. The minimum absolute atomic E-state index is 0.0106. The smallest absolute Gasteiger partial charge is 0.337 e. The quantitative estimate of drug-likeness (QED) is 0.201. The Balaban J connectivity index is 1.21. The van der Waals surface area contributed by atoms with Crippen molar-refractivity contribution in [3.05, 3.63) is 123 Å². The minimum Gasteiger partial charge on any atom is -0.508 e. The number of phenolic OH excluding ortho intramolecular Hbond substituents is 1. The van der Waals surface area contributed by atoms with Crippen LogP contribution >= 0.6 is 0 Å². The lowest BCUT2D eigenvalue weighted by Crippen LogP contribution is -2.43. The van der Waals surface area contributed by atoms with Crippen LogP contribution in [0.15, 0.2) is 88.8 Å². The Bertz CT molecular complexity index is 2350. The zero-order valence-corrected chi connectivity index (χ0v) is 27.0. The van der Waals surface area contributed by atoms with Crippen LogP contribution in [-0.2, 0) is 6.54 Å². The van der Waals surface area contributed by atoms with Crippen molar-refractivity contribution < 1.29 is 18.7 Å². The monoisotopic (exact) mass is 664 g/mol. The van der Waals surface area contributed by atoms with Gasteiger partial charge in [0, 0.05) is 31.4 Å². The SMILES string of the molecule is CN(C)Cc1cc(O)ccc1-c1cccc(-n2c(=O)n(C3CCC(CC(=O)c4cn5cc(F)ccc5n4)CC3)c(=O)c3cc(F)cnc32)c1. The van der Waals surface area contributed by atoms with Crippen molar-refractivity contribution in [1.82, 2.24) is 28.4 Å². The molecule has 0 atom stereocenters. The lowest BCUT2D eigenvalue weighted by molar-refractivity contribution is 0.0938. The van der Waals surface area contributed by atoms with Crippen molar-refractivity contribution in [2.24, 2.45) is 5.92 Å². The first-order chi connectivity index (χ1) is 23.5. The molecule has 0 bridgehead atoms. The Kier molecular flexibility index (Phi) is 8.41. The number of phenols is 1. The number of halogens is 2. The highest BCUT2D eigenvalue weighted by Crippen LogP contribution is 2.34. The summed E-state index contributed by atoms with van der Waals surface area (Å²) < 4.78 is 32.2. The molecule has 2 aromatic carbocycles. The average Bonchev–Trinajstić information content (AvgIpc) is 3.49. The van der Waals surface area contributed by atoms with Gasteiger partial charge in [0.25, 0.3) is 5.56 Å². The van der Waals surface area contributed by atoms with E-state index in [9.17, 15) is 28.3 Å². The molecule has 1 aliphatic carbocycles. The molecule has 10 nitrogen and oxygen atoms in total. The zero-order valence-electron chi connectivity index (χ0n) is 27.0. The van der Waals surface area contributed by atoms with Crippen LogP contribution in [0.5, 0.6) is 5.75 Å². The molecule has 0 aliphatic heterocycles. The maximum Gasteiger partial charge on any atom is 0.337 e. The van der Waals surface area contributed by atoms with E-state index >= 15 is 0 Å². The third-order valence-corrected chi connectivity index (χ3v) is 9.24. The van der Waals surface area contributed by atoms with Gasteiger partial charge in [-0.3, -0.25) is 14.2 Å². The van der Waals surface area contributed by atoms with E-state index in [1.807, 2.05) is 37.2 Å². The Morgan fingerprint density at radius 3 is 2.53 bits per heavy atom. The van der Waals surface area contributed by atoms with Crippen molar-refractivity contribution in [3.63, 3.8) is 0 Å². The Morgan fingerprint density at radius 1 is 0.959 bits per heavy atom. The number of hydrogen-bond acceptors (Lipinski definition) is 7. The van der Waals surface area contributed by atoms with Crippen molar-refractivity contribution in [1.29, 1.82) is 0 Å². The Labute approximate surface area is 279 Å². The number of ketones is 1. The summed E-state index contributed by atoms with van der Waals surface area (Å²) in [7, 11) is 3.86. The van der Waals surface area contributed by atoms with E-state index in [0.29, 0.717) is 43.6 Å². The molecule has 0 amide bonds. The molecule has 1 aliphatic rings. The summed E-state index contributed by atoms with van der Waals surface area (Å²) in [4.78, 5) is 51.7. The highest BCUT2D eigenvalue weighted by Gasteiger charge is 2.29. The lowest BCUT2D eigenvalue weighted by Gasteiger charge is -2.29. The number of fused-ring (bicyclic) bond motifs is 2. The number of carbonyl (C=O) groups is 1. The second-order valence-electron chi connectivity index (χ2n) is 13.0. The predicted molar refractivity (Wildman–Crippen MR) is 181 cm³/mol. The number of hydrogen-bond donors (Lipinski definition) is 1. The molecule has 0 spiro atoms. The predicted octanol–water partition coefficient (Wildman–Crippen LogP) is 5.91. The van der Waals surface area contributed by atoms with E-state index < -0.39 is 28.9 Å². The number of pyridine rings is 2. The van der Waals surface area contributed by atoms with Crippen LogP contribution in [0.25, 0.3) is 33.5 Å². The topological polar surface area (TPSA) is 115 Å². The van der Waals surface area contributed by atoms with Crippen LogP contribution in [0.4, 0.5) is 8.78 Å². The molecule has 4 aromatic heterocycles. The van der Waals surface area contributed by atoms with E-state index in [4.69, 9.17) is 0 Å². The third-order valence-electron chi connectivity index (χ3n) is 9.24. The molecule has 0 radical (unpaired) electrons. The molecule has 1 fully saturated rings. The first-order valence-corrected chi connectivity index (χ1v) is 16.1. The molecule has 4 heterocycles. The van der Waals surface area contributed by atoms with Gasteiger partial charge in [0.1, 0.15) is 28.7 Å². The number of aromatic hydroxyl groups is 1. The van der Waals surface area contributed by atoms with E-state index in [2.05, 4.69) is 9.97 Å². The summed E-state index contributed by atoms with van der Waals surface area (Å²) in [5, 5.41) is 10.2. The van der Waals surface area contributed by atoms with Crippen molar-refractivity contribution in [2.75, 3.05) is 14.1 Å². The molecule has 250 valence electrons. The number of carbonyl (C=O) groups excluding carboxylic acids is 1. The number of aromatic nitrogens is 5. The molecule has 49 heavy (non-hydrogen) atoms. The molecule has 12 heteroatoms. The number of Topliss-reactive ketones (excluding diaryl/α,β-unsaturated/α-hetero) is 1. The van der Waals surface area contributed by atoms with Gasteiger partial charge in [-0.2, -0.15) is 0 Å². The normalized spacial score (nSPS) is 16.5. The highest BCUT2D eigenvalue weighted by atomic mass is 19.1. The van der Waals surface area contributed by atoms with Gasteiger partial charge in [0.2, 0.25) is 0 Å². The highest BCUT2D eigenvalue weighted by molar-refractivity contribution is 5.95. The molecule has 0 unspecified atom stereocenters. The minimum atomic E-state index is -0.690. The van der Waals surface area contributed by atoms with E-state index in [0.717, 1.165) is 29.0 Å². The van der Waals surface area contributed by atoms with Crippen molar-refractivity contribution >= 4 is 22.5 Å². The lowest BCUT2D eigenvalue weighted by atomic mass is 9.82. The van der Waals surface area contributed by atoms with E-state index in [-0.39, 0.29) is 40.6 Å². The third kappa shape index (κ3) is 6.27. The summed E-state index contributed by atoms with van der Waals surface area (Å²) >= 11 is 0. The van der Waals surface area contributed by atoms with Crippen LogP contribution in [-0.4, -0.2) is 53.4 Å². The molecule has 0 saturated heterocycles. The van der Waals surface area contributed by atoms with Gasteiger partial charge in [-0.05, 0) is 105 Å². The van der Waals surface area contributed by atoms with Gasteiger partial charge < -0.3 is 14.4 Å². The number of nitrogens with zero attached hydrogens (tertiary/aromatic N) is 6. The fourth-order valence-electron chi connectivity index (χ4n) is 6.96. The maximum absolute atomic E-state index is 14.5. The summed E-state index contributed by atoms with van der Waals surface area (Å²) in [5.74, 6) is -1.11. The number of imidazole rings is 1. The molecule has 7 rings (SSSR count). The van der Waals surface area contributed by atoms with Gasteiger partial charge in [-0.1, -0.05) is 18.2 Å². The molecular weight excluding hydrogens is 630 g/mol. The number of benzene rings is 2. The number of rotatable bonds is 8. The second kappa shape index (κ2) is 12.8. The van der Waals surface area contributed by atoms with E-state index in [1.54, 1.807) is 24.3 Å². The first kappa shape index (κ1) is 32.1. The fourth-order valence-corrected chi connectivity index (χ4v) is 6.96. The largest absolute Gasteiger partial charge is 0.508 e. The fraction of sp³-hybridized carbons (Fsp3) is 0.270. The van der Waals surface area contributed by atoms with Crippen LogP contribution in [0.2, 0.25) is 0 Å². The van der Waals surface area contributed by atoms with Crippen LogP contribution in [0.1, 0.15) is 54.2 Å². The zero-order chi connectivity index (χ0) is 34.4. The second-order valence-corrected chi connectivity index (χ2v) is 13.0. The van der Waals surface area contributed by atoms with Gasteiger partial charge >= 0.3 is 5.69 Å². The summed E-state index contributed by atoms with van der Waals surface area (Å²) in [6.45, 7) is 0.565. The Hall–Kier alpha value is -5.49. The molecular formula is C37H34F2N6O4. The van der Waals surface area contributed by atoms with Crippen molar-refractivity contribution in [3.8, 4) is 22.6 Å². The van der Waals surface area contributed by atoms with Gasteiger partial charge in [0.05, 0.1) is 17.3 Å². The summed E-state index contributed by atoms with van der Waals surface area (Å²) in [6, 6.07) is 15.9. The van der Waals surface area contributed by atoms with Crippen LogP contribution in [0, 0.1) is 17.6 Å². The van der Waals surface area contributed by atoms with Gasteiger partial charge in [-0.15, -0.1) is 0 Å². The molecule has 6 aromatic rings. The van der Waals surface area contributed by atoms with E-state index in [1.165, 1.54) is 38.1 Å². The van der Waals surface area contributed by atoms with Gasteiger partial charge in [-0.25, -0.2) is 28.1 Å². The van der Waals surface area contributed by atoms with Crippen LogP contribution < -0.4 is 11.2 Å². The van der Waals surface area contributed by atoms with Crippen LogP contribution in [0.3, 0.4) is 0 Å². The summed E-state index contributed by atoms with van der Waals surface area (Å²) in [5.41, 5.74) is 2.60.